The standard InChI is InChI=1S/C19H24N4O2/c1-22-11-8-15(17(22)14-6-4-9-20-12-14)13-23(2)19(24)16-7-5-10-21-18(16)25-3/h4-7,9-10,12,15,17H,8,11,13H2,1-3H3/t15-,17-/m0/s1. The maximum Gasteiger partial charge on any atom is 0.259 e. The highest BCUT2D eigenvalue weighted by Crippen LogP contribution is 2.36. The van der Waals surface area contributed by atoms with E-state index in [1.54, 1.807) is 29.4 Å². The lowest BCUT2D eigenvalue weighted by Crippen LogP contribution is -2.34. The molecule has 25 heavy (non-hydrogen) atoms. The Morgan fingerprint density at radius 3 is 2.88 bits per heavy atom. The second-order valence-corrected chi connectivity index (χ2v) is 6.51. The monoisotopic (exact) mass is 340 g/mol. The summed E-state index contributed by atoms with van der Waals surface area (Å²) in [5, 5.41) is 0. The first-order valence-electron chi connectivity index (χ1n) is 8.46. The Bertz CT molecular complexity index is 722. The fraction of sp³-hybridized carbons (Fsp3) is 0.421. The fourth-order valence-electron chi connectivity index (χ4n) is 3.65. The number of pyridine rings is 2. The average Bonchev–Trinajstić information content (AvgIpc) is 3.01. The molecule has 0 saturated carbocycles. The Hall–Kier alpha value is -2.47. The molecule has 0 bridgehead atoms. The summed E-state index contributed by atoms with van der Waals surface area (Å²) in [6.07, 6.45) is 6.39. The number of carbonyl (C=O) groups is 1. The third-order valence-corrected chi connectivity index (χ3v) is 4.85. The predicted molar refractivity (Wildman–Crippen MR) is 95.5 cm³/mol. The second-order valence-electron chi connectivity index (χ2n) is 6.51. The number of methoxy groups -OCH3 is 1. The molecule has 0 N–H and O–H groups in total. The molecule has 1 fully saturated rings. The molecule has 6 nitrogen and oxygen atoms in total. The summed E-state index contributed by atoms with van der Waals surface area (Å²) in [7, 11) is 5.50. The van der Waals surface area contributed by atoms with Gasteiger partial charge in [0.05, 0.1) is 7.11 Å². The molecule has 2 aromatic heterocycles. The van der Waals surface area contributed by atoms with Crippen LogP contribution in [0.2, 0.25) is 0 Å². The number of carbonyl (C=O) groups excluding carboxylic acids is 1. The van der Waals surface area contributed by atoms with Crippen molar-refractivity contribution in [3.8, 4) is 5.88 Å². The van der Waals surface area contributed by atoms with E-state index < -0.39 is 0 Å². The molecule has 0 radical (unpaired) electrons. The normalized spacial score (nSPS) is 20.4. The fourth-order valence-corrected chi connectivity index (χ4v) is 3.65. The molecule has 0 aromatic carbocycles. The zero-order valence-electron chi connectivity index (χ0n) is 14.9. The van der Waals surface area contributed by atoms with E-state index in [0.717, 1.165) is 13.0 Å². The van der Waals surface area contributed by atoms with Gasteiger partial charge in [0.1, 0.15) is 5.56 Å². The number of aromatic nitrogens is 2. The number of ether oxygens (including phenoxy) is 1. The van der Waals surface area contributed by atoms with E-state index in [9.17, 15) is 4.79 Å². The van der Waals surface area contributed by atoms with E-state index in [0.29, 0.717) is 23.9 Å². The molecule has 1 aliphatic rings. The maximum absolute atomic E-state index is 12.8. The molecule has 2 atom stereocenters. The summed E-state index contributed by atoms with van der Waals surface area (Å²) in [4.78, 5) is 25.3. The van der Waals surface area contributed by atoms with Crippen molar-refractivity contribution in [2.75, 3.05) is 34.3 Å². The summed E-state index contributed by atoms with van der Waals surface area (Å²) < 4.78 is 5.22. The maximum atomic E-state index is 12.8. The van der Waals surface area contributed by atoms with E-state index in [2.05, 4.69) is 28.0 Å². The lowest BCUT2D eigenvalue weighted by molar-refractivity contribution is 0.0756. The molecule has 3 heterocycles. The Morgan fingerprint density at radius 2 is 2.16 bits per heavy atom. The van der Waals surface area contributed by atoms with Gasteiger partial charge in [0.15, 0.2) is 0 Å². The molecule has 1 saturated heterocycles. The van der Waals surface area contributed by atoms with Gasteiger partial charge >= 0.3 is 0 Å². The molecule has 6 heteroatoms. The van der Waals surface area contributed by atoms with Crippen molar-refractivity contribution in [3.05, 3.63) is 54.0 Å². The van der Waals surface area contributed by atoms with E-state index in [-0.39, 0.29) is 11.9 Å². The molecular formula is C19H24N4O2. The molecule has 0 aliphatic carbocycles. The SMILES string of the molecule is COc1ncccc1C(=O)N(C)C[C@@H]1CCN(C)[C@H]1c1cccnc1. The van der Waals surface area contributed by atoms with E-state index >= 15 is 0 Å². The lowest BCUT2D eigenvalue weighted by atomic mass is 9.94. The zero-order chi connectivity index (χ0) is 17.8. The van der Waals surface area contributed by atoms with Crippen molar-refractivity contribution in [2.45, 2.75) is 12.5 Å². The predicted octanol–water partition coefficient (Wildman–Crippen LogP) is 2.25. The topological polar surface area (TPSA) is 58.6 Å². The van der Waals surface area contributed by atoms with Crippen LogP contribution in [-0.4, -0.2) is 60.0 Å². The van der Waals surface area contributed by atoms with E-state index in [1.165, 1.54) is 12.7 Å². The van der Waals surface area contributed by atoms with Gasteiger partial charge in [-0.05, 0) is 49.7 Å². The van der Waals surface area contributed by atoms with Gasteiger partial charge in [-0.1, -0.05) is 6.07 Å². The van der Waals surface area contributed by atoms with Gasteiger partial charge in [0.2, 0.25) is 5.88 Å². The minimum absolute atomic E-state index is 0.0653. The number of nitrogens with zero attached hydrogens (tertiary/aromatic N) is 4. The summed E-state index contributed by atoms with van der Waals surface area (Å²) in [5.74, 6) is 0.668. The molecule has 132 valence electrons. The van der Waals surface area contributed by atoms with Crippen molar-refractivity contribution in [2.24, 2.45) is 5.92 Å². The quantitative estimate of drug-likeness (QED) is 0.835. The molecule has 2 aromatic rings. The van der Waals surface area contributed by atoms with Crippen molar-refractivity contribution < 1.29 is 9.53 Å². The van der Waals surface area contributed by atoms with Gasteiger partial charge in [-0.3, -0.25) is 14.7 Å². The van der Waals surface area contributed by atoms with Crippen molar-refractivity contribution in [1.82, 2.24) is 19.8 Å². The van der Waals surface area contributed by atoms with Crippen LogP contribution in [0.4, 0.5) is 0 Å². The van der Waals surface area contributed by atoms with Crippen LogP contribution in [0, 0.1) is 5.92 Å². The molecule has 0 unspecified atom stereocenters. The van der Waals surface area contributed by atoms with Gasteiger partial charge < -0.3 is 9.64 Å². The van der Waals surface area contributed by atoms with Gasteiger partial charge in [-0.15, -0.1) is 0 Å². The van der Waals surface area contributed by atoms with Crippen molar-refractivity contribution >= 4 is 5.91 Å². The molecule has 1 amide bonds. The van der Waals surface area contributed by atoms with Gasteiger partial charge in [-0.2, -0.15) is 0 Å². The third kappa shape index (κ3) is 3.64. The van der Waals surface area contributed by atoms with Crippen molar-refractivity contribution in [3.63, 3.8) is 0 Å². The van der Waals surface area contributed by atoms with Crippen LogP contribution < -0.4 is 4.74 Å². The van der Waals surface area contributed by atoms with Gasteiger partial charge in [0.25, 0.3) is 5.91 Å². The van der Waals surface area contributed by atoms with Crippen LogP contribution in [0.25, 0.3) is 0 Å². The number of hydrogen-bond donors (Lipinski definition) is 0. The van der Waals surface area contributed by atoms with Crippen LogP contribution in [0.15, 0.2) is 42.9 Å². The number of rotatable bonds is 5. The lowest BCUT2D eigenvalue weighted by Gasteiger charge is -2.28. The smallest absolute Gasteiger partial charge is 0.259 e. The highest BCUT2D eigenvalue weighted by molar-refractivity contribution is 5.96. The van der Waals surface area contributed by atoms with Crippen LogP contribution in [0.1, 0.15) is 28.4 Å². The molecular weight excluding hydrogens is 316 g/mol. The summed E-state index contributed by atoms with van der Waals surface area (Å²) >= 11 is 0. The third-order valence-electron chi connectivity index (χ3n) is 4.85. The minimum Gasteiger partial charge on any atom is -0.480 e. The highest BCUT2D eigenvalue weighted by atomic mass is 16.5. The Balaban J connectivity index is 1.75. The van der Waals surface area contributed by atoms with Crippen LogP contribution in [0.3, 0.4) is 0 Å². The van der Waals surface area contributed by atoms with Gasteiger partial charge in [-0.25, -0.2) is 4.98 Å². The second kappa shape index (κ2) is 7.61. The first-order valence-corrected chi connectivity index (χ1v) is 8.46. The summed E-state index contributed by atoms with van der Waals surface area (Å²) in [6, 6.07) is 7.86. The van der Waals surface area contributed by atoms with Crippen molar-refractivity contribution in [1.29, 1.82) is 0 Å². The number of likely N-dealkylation sites (tertiary alicyclic amines) is 1. The van der Waals surface area contributed by atoms with E-state index in [1.807, 2.05) is 19.3 Å². The summed E-state index contributed by atoms with van der Waals surface area (Å²) in [5.41, 5.74) is 1.70. The Labute approximate surface area is 148 Å². The summed E-state index contributed by atoms with van der Waals surface area (Å²) in [6.45, 7) is 1.70. The van der Waals surface area contributed by atoms with Crippen LogP contribution >= 0.6 is 0 Å². The first kappa shape index (κ1) is 17.4. The Morgan fingerprint density at radius 1 is 1.36 bits per heavy atom. The largest absolute Gasteiger partial charge is 0.480 e. The van der Waals surface area contributed by atoms with Crippen LogP contribution in [0.5, 0.6) is 5.88 Å². The molecule has 0 spiro atoms. The zero-order valence-corrected chi connectivity index (χ0v) is 14.9. The first-order chi connectivity index (χ1) is 12.1. The minimum atomic E-state index is -0.0653. The average molecular weight is 340 g/mol. The molecule has 1 aliphatic heterocycles. The van der Waals surface area contributed by atoms with E-state index in [4.69, 9.17) is 4.74 Å². The van der Waals surface area contributed by atoms with Crippen LogP contribution in [-0.2, 0) is 0 Å². The molecule has 3 rings (SSSR count). The number of hydrogen-bond acceptors (Lipinski definition) is 5. The number of amides is 1. The van der Waals surface area contributed by atoms with Gasteiger partial charge in [0, 0.05) is 38.2 Å². The highest BCUT2D eigenvalue weighted by Gasteiger charge is 2.34. The Kier molecular flexibility index (Phi) is 5.28.